The first kappa shape index (κ1) is 11.5. The number of hydrogen-bond donors (Lipinski definition) is 1. The molecule has 2 aromatic carbocycles. The second kappa shape index (κ2) is 4.57. The Morgan fingerprint density at radius 3 is 2.63 bits per heavy atom. The summed E-state index contributed by atoms with van der Waals surface area (Å²) < 4.78 is 1.87. The molecule has 4 nitrogen and oxygen atoms in total. The van der Waals surface area contributed by atoms with Crippen molar-refractivity contribution >= 4 is 17.0 Å². The Labute approximate surface area is 109 Å². The minimum Gasteiger partial charge on any atom is -0.478 e. The molecule has 0 atom stereocenters. The maximum absolute atomic E-state index is 11.3. The summed E-state index contributed by atoms with van der Waals surface area (Å²) in [7, 11) is 0. The molecule has 1 heterocycles. The number of rotatable bonds is 3. The van der Waals surface area contributed by atoms with E-state index in [-0.39, 0.29) is 5.56 Å². The van der Waals surface area contributed by atoms with E-state index < -0.39 is 5.97 Å². The number of benzene rings is 2. The van der Waals surface area contributed by atoms with Crippen LogP contribution < -0.4 is 0 Å². The molecule has 0 bridgehead atoms. The van der Waals surface area contributed by atoms with E-state index in [9.17, 15) is 9.90 Å². The van der Waals surface area contributed by atoms with Crippen LogP contribution in [0, 0.1) is 0 Å². The molecule has 94 valence electrons. The fourth-order valence-electron chi connectivity index (χ4n) is 2.20. The van der Waals surface area contributed by atoms with Crippen LogP contribution >= 0.6 is 0 Å². The third-order valence-corrected chi connectivity index (χ3v) is 3.06. The van der Waals surface area contributed by atoms with Gasteiger partial charge in [0, 0.05) is 6.54 Å². The lowest BCUT2D eigenvalue weighted by atomic mass is 10.1. The van der Waals surface area contributed by atoms with Gasteiger partial charge in [0.2, 0.25) is 0 Å². The van der Waals surface area contributed by atoms with E-state index in [4.69, 9.17) is 0 Å². The van der Waals surface area contributed by atoms with Gasteiger partial charge in [-0.1, -0.05) is 36.4 Å². The molecule has 0 aliphatic carbocycles. The minimum atomic E-state index is -0.930. The Bertz CT molecular complexity index is 732. The normalized spacial score (nSPS) is 10.7. The first-order chi connectivity index (χ1) is 9.25. The molecule has 0 amide bonds. The molecule has 0 saturated carbocycles. The van der Waals surface area contributed by atoms with E-state index >= 15 is 0 Å². The van der Waals surface area contributed by atoms with E-state index in [0.717, 1.165) is 5.56 Å². The van der Waals surface area contributed by atoms with Gasteiger partial charge in [-0.3, -0.25) is 0 Å². The number of fused-ring (bicyclic) bond motifs is 1. The van der Waals surface area contributed by atoms with Crippen molar-refractivity contribution in [3.05, 3.63) is 66.0 Å². The summed E-state index contributed by atoms with van der Waals surface area (Å²) >= 11 is 0. The second-order valence-electron chi connectivity index (χ2n) is 4.34. The molecule has 0 aliphatic heterocycles. The molecule has 0 radical (unpaired) electrons. The van der Waals surface area contributed by atoms with Crippen molar-refractivity contribution in [2.24, 2.45) is 0 Å². The van der Waals surface area contributed by atoms with Crippen molar-refractivity contribution in [3.8, 4) is 0 Å². The van der Waals surface area contributed by atoms with Gasteiger partial charge < -0.3 is 9.67 Å². The Hall–Kier alpha value is -2.62. The van der Waals surface area contributed by atoms with Crippen LogP contribution in [0.25, 0.3) is 11.0 Å². The first-order valence-corrected chi connectivity index (χ1v) is 5.97. The van der Waals surface area contributed by atoms with Gasteiger partial charge >= 0.3 is 5.97 Å². The van der Waals surface area contributed by atoms with Crippen LogP contribution in [0.1, 0.15) is 15.9 Å². The highest BCUT2D eigenvalue weighted by atomic mass is 16.4. The molecular formula is C15H12N2O2. The molecule has 1 aromatic heterocycles. The van der Waals surface area contributed by atoms with Gasteiger partial charge in [-0.15, -0.1) is 0 Å². The van der Waals surface area contributed by atoms with Gasteiger partial charge in [0.05, 0.1) is 22.9 Å². The highest BCUT2D eigenvalue weighted by Gasteiger charge is 2.13. The zero-order valence-corrected chi connectivity index (χ0v) is 10.2. The zero-order chi connectivity index (χ0) is 13.2. The van der Waals surface area contributed by atoms with Crippen LogP contribution in [-0.4, -0.2) is 20.6 Å². The first-order valence-electron chi connectivity index (χ1n) is 5.97. The summed E-state index contributed by atoms with van der Waals surface area (Å²) in [6.45, 7) is 0.613. The number of carbonyl (C=O) groups is 1. The van der Waals surface area contributed by atoms with E-state index in [2.05, 4.69) is 4.98 Å². The number of para-hydroxylation sites is 1. The van der Waals surface area contributed by atoms with Crippen LogP contribution in [0.5, 0.6) is 0 Å². The number of nitrogens with zero attached hydrogens (tertiary/aromatic N) is 2. The topological polar surface area (TPSA) is 55.1 Å². The standard InChI is InChI=1S/C15H12N2O2/c18-15(19)12-7-4-8-13-14(12)17(10-16-13)9-11-5-2-1-3-6-11/h1-8,10H,9H2,(H,18,19). The third kappa shape index (κ3) is 2.08. The van der Waals surface area contributed by atoms with Crippen molar-refractivity contribution in [1.29, 1.82) is 0 Å². The van der Waals surface area contributed by atoms with Crippen molar-refractivity contribution in [1.82, 2.24) is 9.55 Å². The zero-order valence-electron chi connectivity index (χ0n) is 10.2. The van der Waals surface area contributed by atoms with Crippen LogP contribution in [0.15, 0.2) is 54.9 Å². The summed E-state index contributed by atoms with van der Waals surface area (Å²) in [6.07, 6.45) is 1.68. The molecule has 3 aromatic rings. The lowest BCUT2D eigenvalue weighted by Crippen LogP contribution is -2.04. The van der Waals surface area contributed by atoms with Gasteiger partial charge in [-0.2, -0.15) is 0 Å². The molecule has 0 fully saturated rings. The molecule has 4 heteroatoms. The number of hydrogen-bond acceptors (Lipinski definition) is 2. The van der Waals surface area contributed by atoms with Gasteiger partial charge in [0.1, 0.15) is 0 Å². The van der Waals surface area contributed by atoms with Crippen molar-refractivity contribution in [2.45, 2.75) is 6.54 Å². The van der Waals surface area contributed by atoms with Crippen molar-refractivity contribution in [3.63, 3.8) is 0 Å². The van der Waals surface area contributed by atoms with Crippen LogP contribution in [-0.2, 0) is 6.54 Å². The maximum atomic E-state index is 11.3. The SMILES string of the molecule is O=C(O)c1cccc2ncn(Cc3ccccc3)c12. The molecule has 0 saturated heterocycles. The summed E-state index contributed by atoms with van der Waals surface area (Å²) in [5, 5.41) is 9.25. The van der Waals surface area contributed by atoms with E-state index in [0.29, 0.717) is 17.6 Å². The van der Waals surface area contributed by atoms with Crippen LogP contribution in [0.2, 0.25) is 0 Å². The predicted octanol–water partition coefficient (Wildman–Crippen LogP) is 2.78. The number of aromatic carboxylic acids is 1. The summed E-state index contributed by atoms with van der Waals surface area (Å²) in [6, 6.07) is 15.0. The fourth-order valence-corrected chi connectivity index (χ4v) is 2.20. The smallest absolute Gasteiger partial charge is 0.337 e. The average Bonchev–Trinajstić information content (AvgIpc) is 2.83. The third-order valence-electron chi connectivity index (χ3n) is 3.06. The van der Waals surface area contributed by atoms with E-state index in [1.54, 1.807) is 18.5 Å². The molecular weight excluding hydrogens is 240 g/mol. The Morgan fingerprint density at radius 2 is 1.89 bits per heavy atom. The lowest BCUT2D eigenvalue weighted by molar-refractivity contribution is 0.0698. The maximum Gasteiger partial charge on any atom is 0.337 e. The van der Waals surface area contributed by atoms with E-state index in [1.165, 1.54) is 0 Å². The average molecular weight is 252 g/mol. The van der Waals surface area contributed by atoms with Crippen LogP contribution in [0.4, 0.5) is 0 Å². The van der Waals surface area contributed by atoms with Gasteiger partial charge in [0.15, 0.2) is 0 Å². The molecule has 3 rings (SSSR count). The van der Waals surface area contributed by atoms with Crippen molar-refractivity contribution < 1.29 is 9.90 Å². The van der Waals surface area contributed by atoms with Gasteiger partial charge in [-0.25, -0.2) is 9.78 Å². The fraction of sp³-hybridized carbons (Fsp3) is 0.0667. The molecule has 0 spiro atoms. The Morgan fingerprint density at radius 1 is 1.11 bits per heavy atom. The molecule has 0 unspecified atom stereocenters. The molecule has 1 N–H and O–H groups in total. The molecule has 0 aliphatic rings. The largest absolute Gasteiger partial charge is 0.478 e. The quantitative estimate of drug-likeness (QED) is 0.779. The predicted molar refractivity (Wildman–Crippen MR) is 72.2 cm³/mol. The monoisotopic (exact) mass is 252 g/mol. The second-order valence-corrected chi connectivity index (χ2v) is 4.34. The number of carboxylic acids is 1. The van der Waals surface area contributed by atoms with E-state index in [1.807, 2.05) is 41.0 Å². The summed E-state index contributed by atoms with van der Waals surface area (Å²) in [4.78, 5) is 15.5. The summed E-state index contributed by atoms with van der Waals surface area (Å²) in [5.41, 5.74) is 2.77. The molecule has 19 heavy (non-hydrogen) atoms. The van der Waals surface area contributed by atoms with Gasteiger partial charge in [-0.05, 0) is 17.7 Å². The highest BCUT2D eigenvalue weighted by molar-refractivity contribution is 6.01. The van der Waals surface area contributed by atoms with Crippen molar-refractivity contribution in [2.75, 3.05) is 0 Å². The minimum absolute atomic E-state index is 0.283. The lowest BCUT2D eigenvalue weighted by Gasteiger charge is -2.06. The Balaban J connectivity index is 2.12. The number of imidazole rings is 1. The highest BCUT2D eigenvalue weighted by Crippen LogP contribution is 2.19. The summed E-state index contributed by atoms with van der Waals surface area (Å²) in [5.74, 6) is -0.930. The number of aromatic nitrogens is 2. The van der Waals surface area contributed by atoms with Crippen LogP contribution in [0.3, 0.4) is 0 Å². The Kier molecular flexibility index (Phi) is 2.76. The number of carboxylic acid groups (broad SMARTS) is 1. The van der Waals surface area contributed by atoms with Gasteiger partial charge in [0.25, 0.3) is 0 Å².